The Labute approximate surface area is 217 Å². The van der Waals surface area contributed by atoms with E-state index in [4.69, 9.17) is 23.1 Å². The monoisotopic (exact) mass is 527 g/mol. The fourth-order valence-electron chi connectivity index (χ4n) is 4.15. The molecule has 0 radical (unpaired) electrons. The highest BCUT2D eigenvalue weighted by Gasteiger charge is 2.49. The number of cyclic esters (lactones) is 1. The van der Waals surface area contributed by atoms with Crippen molar-refractivity contribution in [3.63, 3.8) is 0 Å². The number of aliphatic hydroxyl groups excluding tert-OH is 3. The Morgan fingerprint density at radius 1 is 1.11 bits per heavy atom. The molecule has 0 spiro atoms. The SMILES string of the molecule is [2H]C([2H])([2H])Oc1c(C)c2c(c(OC3OC(C(=O)OC)C(O)C(O)C3O)c1C/C=C(\C)CCC(=O)OC)C(=O)OC2. The number of benzene rings is 1. The fraction of sp³-hybridized carbons (Fsp3) is 0.560. The maximum absolute atomic E-state index is 12.8. The highest BCUT2D eigenvalue weighted by Crippen LogP contribution is 2.44. The first kappa shape index (κ1) is 24.2. The van der Waals surface area contributed by atoms with Crippen molar-refractivity contribution in [1.29, 1.82) is 0 Å². The van der Waals surface area contributed by atoms with Gasteiger partial charge < -0.3 is 43.7 Å². The summed E-state index contributed by atoms with van der Waals surface area (Å²) in [6.45, 7) is 3.06. The van der Waals surface area contributed by atoms with Crippen molar-refractivity contribution >= 4 is 17.9 Å². The number of esters is 3. The standard InChI is InChI=1S/C25H32O12/c1-11(7-9-15(26)32-3)6-8-13-20(33-4)12(2)14-10-35-23(30)16(14)21(13)36-25-19(29)17(27)18(28)22(37-25)24(31)34-5/h6,17-19,22,25,27-29H,7-10H2,1-5H3/b11-6+/i4D3. The zero-order valence-corrected chi connectivity index (χ0v) is 20.8. The number of fused-ring (bicyclic) bond motifs is 1. The highest BCUT2D eigenvalue weighted by atomic mass is 16.7. The van der Waals surface area contributed by atoms with Crippen LogP contribution in [-0.2, 0) is 41.6 Å². The van der Waals surface area contributed by atoms with Gasteiger partial charge in [0.1, 0.15) is 42.0 Å². The zero-order chi connectivity index (χ0) is 29.9. The van der Waals surface area contributed by atoms with E-state index in [1.54, 1.807) is 19.9 Å². The predicted molar refractivity (Wildman–Crippen MR) is 125 cm³/mol. The number of ether oxygens (including phenoxy) is 6. The third-order valence-electron chi connectivity index (χ3n) is 6.37. The third-order valence-corrected chi connectivity index (χ3v) is 6.37. The Morgan fingerprint density at radius 3 is 2.49 bits per heavy atom. The second-order valence-corrected chi connectivity index (χ2v) is 8.66. The van der Waals surface area contributed by atoms with Gasteiger partial charge in [0, 0.05) is 17.5 Å². The lowest BCUT2D eigenvalue weighted by molar-refractivity contribution is -0.272. The fourth-order valence-corrected chi connectivity index (χ4v) is 4.15. The van der Waals surface area contributed by atoms with Gasteiger partial charge in [0.2, 0.25) is 6.29 Å². The van der Waals surface area contributed by atoms with E-state index in [1.165, 1.54) is 7.11 Å². The van der Waals surface area contributed by atoms with Gasteiger partial charge in [-0.25, -0.2) is 9.59 Å². The van der Waals surface area contributed by atoms with Gasteiger partial charge in [0.15, 0.2) is 6.10 Å². The van der Waals surface area contributed by atoms with Gasteiger partial charge in [-0.2, -0.15) is 0 Å². The van der Waals surface area contributed by atoms with E-state index in [1.807, 2.05) is 0 Å². The molecule has 12 heteroatoms. The van der Waals surface area contributed by atoms with E-state index >= 15 is 0 Å². The van der Waals surface area contributed by atoms with Crippen molar-refractivity contribution < 1.29 is 62.2 Å². The Morgan fingerprint density at radius 2 is 1.84 bits per heavy atom. The van der Waals surface area contributed by atoms with E-state index in [-0.39, 0.29) is 47.6 Å². The van der Waals surface area contributed by atoms with Crippen molar-refractivity contribution in [3.05, 3.63) is 33.9 Å². The van der Waals surface area contributed by atoms with Crippen LogP contribution in [-0.4, -0.2) is 85.2 Å². The molecule has 12 nitrogen and oxygen atoms in total. The topological polar surface area (TPSA) is 167 Å². The number of carbonyl (C=O) groups is 3. The average molecular weight is 528 g/mol. The number of allylic oxidation sites excluding steroid dienone is 2. The molecule has 0 aliphatic carbocycles. The molecular weight excluding hydrogens is 492 g/mol. The largest absolute Gasteiger partial charge is 0.496 e. The maximum atomic E-state index is 12.8. The van der Waals surface area contributed by atoms with Gasteiger partial charge in [-0.1, -0.05) is 11.6 Å². The summed E-state index contributed by atoms with van der Waals surface area (Å²) < 4.78 is 54.1. The number of hydrogen-bond acceptors (Lipinski definition) is 12. The van der Waals surface area contributed by atoms with Gasteiger partial charge in [0.05, 0.1) is 25.4 Å². The molecule has 0 bridgehead atoms. The molecule has 1 aromatic carbocycles. The van der Waals surface area contributed by atoms with Crippen LogP contribution in [0.15, 0.2) is 11.6 Å². The van der Waals surface area contributed by atoms with E-state index < -0.39 is 55.7 Å². The summed E-state index contributed by atoms with van der Waals surface area (Å²) in [6.07, 6.45) is -7.22. The molecule has 5 unspecified atom stereocenters. The highest BCUT2D eigenvalue weighted by molar-refractivity contribution is 5.98. The normalized spacial score (nSPS) is 26.8. The number of aliphatic hydroxyl groups is 3. The van der Waals surface area contributed by atoms with Gasteiger partial charge in [-0.05, 0) is 32.3 Å². The van der Waals surface area contributed by atoms with Crippen LogP contribution in [0.2, 0.25) is 0 Å². The van der Waals surface area contributed by atoms with E-state index in [2.05, 4.69) is 9.47 Å². The predicted octanol–water partition coefficient (Wildman–Crippen LogP) is 0.475. The Kier molecular flexibility index (Phi) is 7.77. The molecule has 3 N–H and O–H groups in total. The Bertz CT molecular complexity index is 1180. The molecule has 2 aliphatic heterocycles. The minimum Gasteiger partial charge on any atom is -0.496 e. The summed E-state index contributed by atoms with van der Waals surface area (Å²) in [6, 6.07) is 0. The second-order valence-electron chi connectivity index (χ2n) is 8.66. The zero-order valence-electron chi connectivity index (χ0n) is 23.8. The van der Waals surface area contributed by atoms with Crippen molar-refractivity contribution in [1.82, 2.24) is 0 Å². The molecular formula is C25H32O12. The Hall–Kier alpha value is -3.19. The number of carbonyl (C=O) groups excluding carboxylic acids is 3. The van der Waals surface area contributed by atoms with E-state index in [0.717, 1.165) is 12.7 Å². The molecule has 1 aromatic rings. The van der Waals surface area contributed by atoms with Crippen LogP contribution in [0.25, 0.3) is 0 Å². The van der Waals surface area contributed by atoms with Crippen molar-refractivity contribution in [2.75, 3.05) is 21.3 Å². The van der Waals surface area contributed by atoms with Crippen LogP contribution < -0.4 is 9.47 Å². The molecule has 2 aliphatic rings. The van der Waals surface area contributed by atoms with Gasteiger partial charge >= 0.3 is 17.9 Å². The first-order valence-electron chi connectivity index (χ1n) is 12.9. The van der Waals surface area contributed by atoms with Crippen LogP contribution in [0, 0.1) is 6.92 Å². The lowest BCUT2D eigenvalue weighted by atomic mass is 9.94. The molecule has 5 atom stereocenters. The molecule has 0 amide bonds. The van der Waals surface area contributed by atoms with Crippen LogP contribution in [0.4, 0.5) is 0 Å². The maximum Gasteiger partial charge on any atom is 0.342 e. The summed E-state index contributed by atoms with van der Waals surface area (Å²) in [7, 11) is -0.618. The summed E-state index contributed by atoms with van der Waals surface area (Å²) in [5.41, 5.74) is 1.26. The molecule has 204 valence electrons. The summed E-state index contributed by atoms with van der Waals surface area (Å²) in [4.78, 5) is 36.5. The van der Waals surface area contributed by atoms with Crippen molar-refractivity contribution in [2.45, 2.75) is 70.4 Å². The molecule has 0 aromatic heterocycles. The second kappa shape index (κ2) is 11.9. The molecule has 1 fully saturated rings. The summed E-state index contributed by atoms with van der Waals surface area (Å²) >= 11 is 0. The first-order valence-corrected chi connectivity index (χ1v) is 11.4. The Balaban J connectivity index is 2.14. The summed E-state index contributed by atoms with van der Waals surface area (Å²) in [5, 5.41) is 31.2. The molecule has 1 saturated heterocycles. The average Bonchev–Trinajstić information content (AvgIpc) is 3.29. The van der Waals surface area contributed by atoms with Crippen LogP contribution in [0.5, 0.6) is 11.5 Å². The quantitative estimate of drug-likeness (QED) is 0.231. The summed E-state index contributed by atoms with van der Waals surface area (Å²) in [5.74, 6) is -2.70. The van der Waals surface area contributed by atoms with Crippen molar-refractivity contribution in [3.8, 4) is 11.5 Å². The molecule has 0 saturated carbocycles. The molecule has 3 rings (SSSR count). The van der Waals surface area contributed by atoms with Gasteiger partial charge in [-0.3, -0.25) is 4.79 Å². The third kappa shape index (κ3) is 5.72. The van der Waals surface area contributed by atoms with Crippen LogP contribution in [0.3, 0.4) is 0 Å². The van der Waals surface area contributed by atoms with Crippen LogP contribution >= 0.6 is 0 Å². The number of rotatable bonds is 9. The number of methoxy groups -OCH3 is 3. The lowest BCUT2D eigenvalue weighted by Gasteiger charge is -2.39. The van der Waals surface area contributed by atoms with Gasteiger partial charge in [-0.15, -0.1) is 0 Å². The lowest BCUT2D eigenvalue weighted by Crippen LogP contribution is -2.61. The minimum absolute atomic E-state index is 0.0645. The first-order chi connectivity index (χ1) is 18.7. The van der Waals surface area contributed by atoms with E-state index in [9.17, 15) is 29.7 Å². The minimum atomic E-state index is -2.91. The van der Waals surface area contributed by atoms with Crippen LogP contribution in [0.1, 0.15) is 50.9 Å². The van der Waals surface area contributed by atoms with E-state index in [0.29, 0.717) is 12.0 Å². The van der Waals surface area contributed by atoms with Gasteiger partial charge in [0.25, 0.3) is 0 Å². The molecule has 37 heavy (non-hydrogen) atoms. The van der Waals surface area contributed by atoms with Crippen molar-refractivity contribution in [2.24, 2.45) is 0 Å². The number of hydrogen-bond donors (Lipinski definition) is 3. The molecule has 2 heterocycles. The smallest absolute Gasteiger partial charge is 0.342 e.